The van der Waals surface area contributed by atoms with Crippen molar-refractivity contribution in [3.05, 3.63) is 29.3 Å². The van der Waals surface area contributed by atoms with Crippen molar-refractivity contribution in [3.8, 4) is 5.75 Å². The third-order valence-electron chi connectivity index (χ3n) is 4.79. The molecule has 0 aromatic heterocycles. The molecule has 1 aromatic rings. The molecule has 0 spiro atoms. The van der Waals surface area contributed by atoms with E-state index in [9.17, 15) is 0 Å². The lowest BCUT2D eigenvalue weighted by molar-refractivity contribution is 0.356. The van der Waals surface area contributed by atoms with E-state index in [1.807, 2.05) is 0 Å². The summed E-state index contributed by atoms with van der Waals surface area (Å²) in [6, 6.07) is 7.62. The van der Waals surface area contributed by atoms with Crippen LogP contribution in [0, 0.1) is 0 Å². The molecule has 1 aliphatic carbocycles. The zero-order chi connectivity index (χ0) is 13.8. The minimum absolute atomic E-state index is 0.715. The smallest absolute Gasteiger partial charge is 0.122 e. The maximum atomic E-state index is 5.63. The molecule has 1 N–H and O–H groups in total. The van der Waals surface area contributed by atoms with Gasteiger partial charge in [0.05, 0.1) is 6.61 Å². The van der Waals surface area contributed by atoms with Gasteiger partial charge in [-0.3, -0.25) is 0 Å². The van der Waals surface area contributed by atoms with Gasteiger partial charge in [0.1, 0.15) is 5.75 Å². The third kappa shape index (κ3) is 3.17. The van der Waals surface area contributed by atoms with Crippen molar-refractivity contribution < 1.29 is 4.74 Å². The molecule has 1 saturated carbocycles. The van der Waals surface area contributed by atoms with Crippen LogP contribution in [0.4, 0.5) is 0 Å². The van der Waals surface area contributed by atoms with E-state index in [1.165, 1.54) is 44.1 Å². The summed E-state index contributed by atoms with van der Waals surface area (Å²) in [6.45, 7) is 4.28. The molecule has 0 radical (unpaired) electrons. The Hall–Kier alpha value is -1.02. The Bertz CT molecular complexity index is 443. The van der Waals surface area contributed by atoms with Gasteiger partial charge in [0.25, 0.3) is 0 Å². The largest absolute Gasteiger partial charge is 0.493 e. The van der Waals surface area contributed by atoms with E-state index in [4.69, 9.17) is 4.74 Å². The Kier molecular flexibility index (Phi) is 4.62. The van der Waals surface area contributed by atoms with E-state index in [0.29, 0.717) is 6.04 Å². The summed E-state index contributed by atoms with van der Waals surface area (Å²) in [7, 11) is 0. The molecule has 2 aliphatic rings. The van der Waals surface area contributed by atoms with Crippen LogP contribution in [-0.2, 0) is 6.42 Å². The van der Waals surface area contributed by atoms with Crippen molar-refractivity contribution in [2.75, 3.05) is 13.2 Å². The lowest BCUT2D eigenvalue weighted by Gasteiger charge is -2.22. The first-order valence-electron chi connectivity index (χ1n) is 8.36. The van der Waals surface area contributed by atoms with Crippen molar-refractivity contribution in [3.63, 3.8) is 0 Å². The molecule has 110 valence electrons. The van der Waals surface area contributed by atoms with Gasteiger partial charge in [-0.15, -0.1) is 0 Å². The van der Waals surface area contributed by atoms with E-state index >= 15 is 0 Å². The summed E-state index contributed by atoms with van der Waals surface area (Å²) in [6.07, 6.45) is 9.09. The molecule has 2 unspecified atom stereocenters. The first-order chi connectivity index (χ1) is 9.86. The number of rotatable bonds is 4. The molecular weight excluding hydrogens is 246 g/mol. The SMILES string of the molecule is CCCNC1CCCCC(c2ccc3c(c2)CCO3)C1. The summed E-state index contributed by atoms with van der Waals surface area (Å²) < 4.78 is 5.63. The molecule has 1 aromatic carbocycles. The van der Waals surface area contributed by atoms with Crippen LogP contribution in [0.15, 0.2) is 18.2 Å². The minimum Gasteiger partial charge on any atom is -0.493 e. The van der Waals surface area contributed by atoms with Gasteiger partial charge >= 0.3 is 0 Å². The van der Waals surface area contributed by atoms with Gasteiger partial charge in [-0.05, 0) is 55.3 Å². The van der Waals surface area contributed by atoms with Crippen LogP contribution in [0.25, 0.3) is 0 Å². The number of hydrogen-bond acceptors (Lipinski definition) is 2. The molecule has 0 bridgehead atoms. The molecule has 0 amide bonds. The van der Waals surface area contributed by atoms with Crippen LogP contribution in [0.3, 0.4) is 0 Å². The zero-order valence-electron chi connectivity index (χ0n) is 12.7. The average molecular weight is 273 g/mol. The van der Waals surface area contributed by atoms with Crippen molar-refractivity contribution in [2.24, 2.45) is 0 Å². The van der Waals surface area contributed by atoms with E-state index < -0.39 is 0 Å². The third-order valence-corrected chi connectivity index (χ3v) is 4.79. The monoisotopic (exact) mass is 273 g/mol. The van der Waals surface area contributed by atoms with Gasteiger partial charge < -0.3 is 10.1 Å². The molecule has 3 rings (SSSR count). The van der Waals surface area contributed by atoms with Crippen molar-refractivity contribution >= 4 is 0 Å². The highest BCUT2D eigenvalue weighted by Crippen LogP contribution is 2.35. The van der Waals surface area contributed by atoms with Crippen LogP contribution in [0.2, 0.25) is 0 Å². The maximum Gasteiger partial charge on any atom is 0.122 e. The van der Waals surface area contributed by atoms with E-state index in [2.05, 4.69) is 30.4 Å². The van der Waals surface area contributed by atoms with Gasteiger partial charge in [0.15, 0.2) is 0 Å². The second kappa shape index (κ2) is 6.62. The van der Waals surface area contributed by atoms with Crippen LogP contribution in [0.1, 0.15) is 62.5 Å². The average Bonchev–Trinajstić information content (AvgIpc) is 2.81. The fourth-order valence-corrected chi connectivity index (χ4v) is 3.66. The summed E-state index contributed by atoms with van der Waals surface area (Å²) in [5, 5.41) is 3.74. The molecule has 2 heteroatoms. The highest BCUT2D eigenvalue weighted by atomic mass is 16.5. The normalized spacial score (nSPS) is 25.9. The second-order valence-corrected chi connectivity index (χ2v) is 6.33. The summed E-state index contributed by atoms with van der Waals surface area (Å²) in [5.74, 6) is 1.85. The zero-order valence-corrected chi connectivity index (χ0v) is 12.7. The second-order valence-electron chi connectivity index (χ2n) is 6.33. The van der Waals surface area contributed by atoms with Crippen LogP contribution in [-0.4, -0.2) is 19.2 Å². The number of benzene rings is 1. The standard InChI is InChI=1S/C18H27NO/c1-2-10-19-17-6-4-3-5-14(13-17)15-7-8-18-16(12-15)9-11-20-18/h7-8,12,14,17,19H,2-6,9-11,13H2,1H3. The minimum atomic E-state index is 0.715. The van der Waals surface area contributed by atoms with Gasteiger partial charge in [-0.25, -0.2) is 0 Å². The van der Waals surface area contributed by atoms with Crippen LogP contribution in [0.5, 0.6) is 5.75 Å². The molecule has 1 heterocycles. The molecule has 20 heavy (non-hydrogen) atoms. The molecule has 0 saturated heterocycles. The van der Waals surface area contributed by atoms with Crippen molar-refractivity contribution in [1.29, 1.82) is 0 Å². The molecule has 2 atom stereocenters. The summed E-state index contributed by atoms with van der Waals surface area (Å²) >= 11 is 0. The Morgan fingerprint density at radius 3 is 3.05 bits per heavy atom. The Balaban J connectivity index is 1.71. The van der Waals surface area contributed by atoms with Gasteiger partial charge in [0, 0.05) is 12.5 Å². The first-order valence-corrected chi connectivity index (χ1v) is 8.36. The highest BCUT2D eigenvalue weighted by molar-refractivity contribution is 5.41. The lowest BCUT2D eigenvalue weighted by Crippen LogP contribution is -2.30. The first kappa shape index (κ1) is 13.9. The number of hydrogen-bond donors (Lipinski definition) is 1. The van der Waals surface area contributed by atoms with E-state index in [1.54, 1.807) is 5.56 Å². The number of ether oxygens (including phenoxy) is 1. The van der Waals surface area contributed by atoms with Crippen LogP contribution < -0.4 is 10.1 Å². The lowest BCUT2D eigenvalue weighted by atomic mass is 9.89. The number of nitrogens with one attached hydrogen (secondary N) is 1. The molecule has 1 fully saturated rings. The fourth-order valence-electron chi connectivity index (χ4n) is 3.66. The summed E-state index contributed by atoms with van der Waals surface area (Å²) in [4.78, 5) is 0. The van der Waals surface area contributed by atoms with Gasteiger partial charge in [-0.1, -0.05) is 31.9 Å². The van der Waals surface area contributed by atoms with Gasteiger partial charge in [-0.2, -0.15) is 0 Å². The Labute approximate surface area is 122 Å². The van der Waals surface area contributed by atoms with Crippen molar-refractivity contribution in [1.82, 2.24) is 5.32 Å². The Morgan fingerprint density at radius 1 is 1.25 bits per heavy atom. The number of fused-ring (bicyclic) bond motifs is 1. The predicted octanol–water partition coefficient (Wildman–Crippen LogP) is 4.04. The quantitative estimate of drug-likeness (QED) is 0.836. The van der Waals surface area contributed by atoms with E-state index in [-0.39, 0.29) is 0 Å². The molecular formula is C18H27NO. The Morgan fingerprint density at radius 2 is 2.15 bits per heavy atom. The highest BCUT2D eigenvalue weighted by Gasteiger charge is 2.22. The topological polar surface area (TPSA) is 21.3 Å². The maximum absolute atomic E-state index is 5.63. The molecule has 1 aliphatic heterocycles. The van der Waals surface area contributed by atoms with E-state index in [0.717, 1.165) is 31.2 Å². The fraction of sp³-hybridized carbons (Fsp3) is 0.667. The van der Waals surface area contributed by atoms with Gasteiger partial charge in [0.2, 0.25) is 0 Å². The molecule has 2 nitrogen and oxygen atoms in total. The van der Waals surface area contributed by atoms with Crippen molar-refractivity contribution in [2.45, 2.75) is 63.8 Å². The summed E-state index contributed by atoms with van der Waals surface area (Å²) in [5.41, 5.74) is 2.96. The predicted molar refractivity (Wildman–Crippen MR) is 83.5 cm³/mol. The van der Waals surface area contributed by atoms with Crippen LogP contribution >= 0.6 is 0 Å².